The van der Waals surface area contributed by atoms with Crippen molar-refractivity contribution in [1.29, 1.82) is 0 Å². The van der Waals surface area contributed by atoms with E-state index in [4.69, 9.17) is 0 Å². The van der Waals surface area contributed by atoms with Gasteiger partial charge in [0.25, 0.3) is 0 Å². The molecule has 1 aromatic heterocycles. The minimum Gasteiger partial charge on any atom is -0.310 e. The molecule has 1 fully saturated rings. The first-order valence-corrected chi connectivity index (χ1v) is 8.94. The molecule has 0 radical (unpaired) electrons. The second kappa shape index (κ2) is 7.46. The van der Waals surface area contributed by atoms with Crippen LogP contribution in [0.5, 0.6) is 0 Å². The Morgan fingerprint density at radius 2 is 2.44 bits per heavy atom. The van der Waals surface area contributed by atoms with Crippen LogP contribution >= 0.6 is 23.5 Å². The van der Waals surface area contributed by atoms with Gasteiger partial charge in [-0.25, -0.2) is 0 Å². The van der Waals surface area contributed by atoms with Gasteiger partial charge in [0.05, 0.1) is 5.69 Å². The zero-order chi connectivity index (χ0) is 12.8. The van der Waals surface area contributed by atoms with E-state index in [1.807, 2.05) is 0 Å². The fourth-order valence-corrected chi connectivity index (χ4v) is 4.57. The van der Waals surface area contributed by atoms with Gasteiger partial charge in [0.1, 0.15) is 0 Å². The Morgan fingerprint density at radius 1 is 1.56 bits per heavy atom. The van der Waals surface area contributed by atoms with Crippen molar-refractivity contribution in [3.05, 3.63) is 18.0 Å². The number of hydrogen-bond acceptors (Lipinski definition) is 4. The van der Waals surface area contributed by atoms with Gasteiger partial charge >= 0.3 is 0 Å². The third-order valence-electron chi connectivity index (χ3n) is 3.27. The van der Waals surface area contributed by atoms with Gasteiger partial charge in [0.2, 0.25) is 0 Å². The van der Waals surface area contributed by atoms with Crippen molar-refractivity contribution in [2.45, 2.75) is 38.1 Å². The lowest BCUT2D eigenvalue weighted by Gasteiger charge is -2.20. The third-order valence-corrected chi connectivity index (χ3v) is 6.11. The molecule has 2 unspecified atom stereocenters. The van der Waals surface area contributed by atoms with Gasteiger partial charge in [-0.05, 0) is 19.4 Å². The van der Waals surface area contributed by atoms with E-state index in [0.29, 0.717) is 6.04 Å². The molecule has 2 heterocycles. The topological polar surface area (TPSA) is 29.9 Å². The van der Waals surface area contributed by atoms with Gasteiger partial charge in [-0.3, -0.25) is 4.68 Å². The van der Waals surface area contributed by atoms with Crippen LogP contribution in [0.25, 0.3) is 0 Å². The second-order valence-electron chi connectivity index (χ2n) is 4.74. The maximum atomic E-state index is 4.61. The minimum absolute atomic E-state index is 0.504. The highest BCUT2D eigenvalue weighted by Gasteiger charge is 2.13. The average Bonchev–Trinajstić information content (AvgIpc) is 2.88. The molecule has 0 saturated carbocycles. The monoisotopic (exact) mass is 285 g/mol. The zero-order valence-corrected chi connectivity index (χ0v) is 12.9. The van der Waals surface area contributed by atoms with Crippen LogP contribution in [0.4, 0.5) is 0 Å². The Balaban J connectivity index is 1.71. The van der Waals surface area contributed by atoms with Crippen molar-refractivity contribution in [1.82, 2.24) is 15.1 Å². The quantitative estimate of drug-likeness (QED) is 0.870. The van der Waals surface area contributed by atoms with Crippen molar-refractivity contribution in [3.63, 3.8) is 0 Å². The molecule has 3 nitrogen and oxygen atoms in total. The van der Waals surface area contributed by atoms with Crippen LogP contribution in [0.3, 0.4) is 0 Å². The van der Waals surface area contributed by atoms with Gasteiger partial charge < -0.3 is 5.32 Å². The van der Waals surface area contributed by atoms with Crippen LogP contribution in [0.1, 0.15) is 32.0 Å². The summed E-state index contributed by atoms with van der Waals surface area (Å²) in [6, 6.07) is 2.63. The highest BCUT2D eigenvalue weighted by Crippen LogP contribution is 2.23. The van der Waals surface area contributed by atoms with E-state index < -0.39 is 0 Å². The normalized spacial score (nSPS) is 22.0. The second-order valence-corrected chi connectivity index (χ2v) is 7.30. The minimum atomic E-state index is 0.504. The van der Waals surface area contributed by atoms with Gasteiger partial charge in [-0.2, -0.15) is 28.6 Å². The lowest BCUT2D eigenvalue weighted by atomic mass is 10.3. The molecule has 1 N–H and O–H groups in total. The molecular formula is C13H23N3S2. The molecule has 0 spiro atoms. The number of rotatable bonds is 6. The van der Waals surface area contributed by atoms with Gasteiger partial charge in [-0.15, -0.1) is 0 Å². The summed E-state index contributed by atoms with van der Waals surface area (Å²) in [6.45, 7) is 6.40. The maximum absolute atomic E-state index is 4.61. The predicted octanol–water partition coefficient (Wildman–Crippen LogP) is 2.79. The maximum Gasteiger partial charge on any atom is 0.0762 e. The summed E-state index contributed by atoms with van der Waals surface area (Å²) in [4.78, 5) is 0. The molecule has 2 atom stereocenters. The predicted molar refractivity (Wildman–Crippen MR) is 82.5 cm³/mol. The third kappa shape index (κ3) is 4.21. The highest BCUT2D eigenvalue weighted by molar-refractivity contribution is 8.06. The van der Waals surface area contributed by atoms with Crippen LogP contribution in [-0.2, 0) is 6.54 Å². The molecular weight excluding hydrogens is 262 g/mol. The number of nitrogens with zero attached hydrogens (tertiary/aromatic N) is 2. The zero-order valence-electron chi connectivity index (χ0n) is 11.3. The summed E-state index contributed by atoms with van der Waals surface area (Å²) in [7, 11) is 0. The van der Waals surface area contributed by atoms with Crippen LogP contribution in [0.15, 0.2) is 12.3 Å². The summed E-state index contributed by atoms with van der Waals surface area (Å²) in [5, 5.41) is 8.92. The van der Waals surface area contributed by atoms with E-state index in [1.165, 1.54) is 17.3 Å². The lowest BCUT2D eigenvalue weighted by Crippen LogP contribution is -2.28. The number of thioether (sulfide) groups is 2. The Hall–Kier alpha value is -0.130. The average molecular weight is 285 g/mol. The molecule has 0 bridgehead atoms. The smallest absolute Gasteiger partial charge is 0.0762 e. The molecule has 102 valence electrons. The Kier molecular flexibility index (Phi) is 5.92. The van der Waals surface area contributed by atoms with Crippen molar-refractivity contribution in [2.24, 2.45) is 0 Å². The summed E-state index contributed by atoms with van der Waals surface area (Å²) >= 11 is 4.18. The van der Waals surface area contributed by atoms with Crippen molar-refractivity contribution >= 4 is 23.5 Å². The molecule has 0 aromatic carbocycles. The fraction of sp³-hybridized carbons (Fsp3) is 0.769. The van der Waals surface area contributed by atoms with Gasteiger partial charge in [0, 0.05) is 47.8 Å². The summed E-state index contributed by atoms with van der Waals surface area (Å²) in [6.07, 6.45) is 3.22. The molecule has 1 aliphatic rings. The summed E-state index contributed by atoms with van der Waals surface area (Å²) in [5.41, 5.74) is 1.16. The van der Waals surface area contributed by atoms with Crippen LogP contribution in [0, 0.1) is 0 Å². The molecule has 1 aromatic rings. The van der Waals surface area contributed by atoms with E-state index >= 15 is 0 Å². The molecule has 1 saturated heterocycles. The Labute approximate surface area is 118 Å². The first kappa shape index (κ1) is 14.3. The first-order valence-electron chi connectivity index (χ1n) is 6.73. The number of aromatic nitrogens is 2. The summed E-state index contributed by atoms with van der Waals surface area (Å²) in [5.74, 6) is 3.92. The van der Waals surface area contributed by atoms with E-state index in [1.54, 1.807) is 0 Å². The van der Waals surface area contributed by atoms with Crippen LogP contribution < -0.4 is 5.32 Å². The summed E-state index contributed by atoms with van der Waals surface area (Å²) < 4.78 is 2.07. The number of nitrogens with one attached hydrogen (secondary N) is 1. The molecule has 0 amide bonds. The van der Waals surface area contributed by atoms with E-state index in [-0.39, 0.29) is 0 Å². The Bertz CT molecular complexity index is 348. The molecule has 2 rings (SSSR count). The first-order chi connectivity index (χ1) is 8.79. The van der Waals surface area contributed by atoms with Crippen molar-refractivity contribution < 1.29 is 0 Å². The molecule has 1 aliphatic heterocycles. The molecule has 5 heteroatoms. The number of hydrogen-bond donors (Lipinski definition) is 1. The van der Waals surface area contributed by atoms with Gasteiger partial charge in [-0.1, -0.05) is 6.92 Å². The van der Waals surface area contributed by atoms with E-state index in [0.717, 1.165) is 30.5 Å². The van der Waals surface area contributed by atoms with Crippen molar-refractivity contribution in [3.8, 4) is 0 Å². The molecule has 18 heavy (non-hydrogen) atoms. The standard InChI is InChI=1S/C13H23N3S2/c1-3-11(2)16-5-4-12(15-16)8-14-9-13-10-17-6-7-18-13/h4-5,11,13-14H,3,6-10H2,1-2H3. The van der Waals surface area contributed by atoms with E-state index in [2.05, 4.69) is 64.7 Å². The van der Waals surface area contributed by atoms with Crippen LogP contribution in [0.2, 0.25) is 0 Å². The SMILES string of the molecule is CCC(C)n1ccc(CNCC2CSCCS2)n1. The van der Waals surface area contributed by atoms with E-state index in [9.17, 15) is 0 Å². The largest absolute Gasteiger partial charge is 0.310 e. The lowest BCUT2D eigenvalue weighted by molar-refractivity contribution is 0.471. The van der Waals surface area contributed by atoms with Crippen LogP contribution in [-0.4, -0.2) is 38.8 Å². The fourth-order valence-electron chi connectivity index (χ4n) is 1.92. The highest BCUT2D eigenvalue weighted by atomic mass is 32.2. The van der Waals surface area contributed by atoms with Crippen molar-refractivity contribution in [2.75, 3.05) is 23.8 Å². The Morgan fingerprint density at radius 3 is 3.17 bits per heavy atom. The van der Waals surface area contributed by atoms with Gasteiger partial charge in [0.15, 0.2) is 0 Å². The molecule has 0 aliphatic carbocycles.